The summed E-state index contributed by atoms with van der Waals surface area (Å²) in [5.41, 5.74) is 0.817. The minimum atomic E-state index is 0.292. The molecule has 1 heterocycles. The molecule has 1 saturated heterocycles. The lowest BCUT2D eigenvalue weighted by atomic mass is 10.2. The maximum atomic E-state index is 9.39. The molecular formula is C14H20O4. The zero-order valence-electron chi connectivity index (χ0n) is 10.7. The minimum absolute atomic E-state index is 0.292. The Morgan fingerprint density at radius 3 is 2.78 bits per heavy atom. The van der Waals surface area contributed by atoms with E-state index in [-0.39, 0.29) is 0 Å². The number of ether oxygens (including phenoxy) is 3. The largest absolute Gasteiger partial charge is 0.508 e. The van der Waals surface area contributed by atoms with E-state index in [1.165, 1.54) is 0 Å². The van der Waals surface area contributed by atoms with E-state index in [2.05, 4.69) is 0 Å². The van der Waals surface area contributed by atoms with Crippen LogP contribution in [0.2, 0.25) is 0 Å². The SMILES string of the molecule is Cc1cc(OCCOC2CCOCC2)ccc1O. The van der Waals surface area contributed by atoms with Crippen molar-refractivity contribution in [3.63, 3.8) is 0 Å². The molecule has 0 aliphatic carbocycles. The molecule has 0 amide bonds. The number of benzene rings is 1. The van der Waals surface area contributed by atoms with Crippen molar-refractivity contribution >= 4 is 0 Å². The van der Waals surface area contributed by atoms with E-state index in [1.807, 2.05) is 13.0 Å². The fourth-order valence-electron chi connectivity index (χ4n) is 1.93. The average Bonchev–Trinajstić information content (AvgIpc) is 2.40. The van der Waals surface area contributed by atoms with Crippen LogP contribution >= 0.6 is 0 Å². The van der Waals surface area contributed by atoms with Crippen LogP contribution in [0, 0.1) is 6.92 Å². The third-order valence-corrected chi connectivity index (χ3v) is 3.04. The van der Waals surface area contributed by atoms with Gasteiger partial charge < -0.3 is 19.3 Å². The van der Waals surface area contributed by atoms with Gasteiger partial charge in [-0.2, -0.15) is 0 Å². The van der Waals surface area contributed by atoms with E-state index >= 15 is 0 Å². The molecule has 4 heteroatoms. The molecule has 0 bridgehead atoms. The molecule has 1 aliphatic rings. The molecule has 4 nitrogen and oxygen atoms in total. The maximum Gasteiger partial charge on any atom is 0.119 e. The summed E-state index contributed by atoms with van der Waals surface area (Å²) in [6.45, 7) is 4.55. The van der Waals surface area contributed by atoms with Gasteiger partial charge in [-0.15, -0.1) is 0 Å². The molecule has 0 saturated carbocycles. The summed E-state index contributed by atoms with van der Waals surface area (Å²) in [4.78, 5) is 0. The van der Waals surface area contributed by atoms with Gasteiger partial charge in [0.1, 0.15) is 18.1 Å². The Bertz CT molecular complexity index is 372. The molecule has 0 atom stereocenters. The molecule has 1 aliphatic heterocycles. The van der Waals surface area contributed by atoms with Crippen molar-refractivity contribution in [1.82, 2.24) is 0 Å². The Labute approximate surface area is 107 Å². The first-order chi connectivity index (χ1) is 8.75. The molecule has 1 aromatic rings. The number of phenols is 1. The number of rotatable bonds is 5. The molecule has 1 aromatic carbocycles. The molecule has 18 heavy (non-hydrogen) atoms. The van der Waals surface area contributed by atoms with Crippen LogP contribution in [-0.2, 0) is 9.47 Å². The van der Waals surface area contributed by atoms with Crippen molar-refractivity contribution in [2.75, 3.05) is 26.4 Å². The number of hydrogen-bond donors (Lipinski definition) is 1. The lowest BCUT2D eigenvalue weighted by molar-refractivity contribution is -0.0388. The standard InChI is InChI=1S/C14H20O4/c1-11-10-13(2-3-14(11)15)18-9-8-17-12-4-6-16-7-5-12/h2-3,10,12,15H,4-9H2,1H3. The second kappa shape index (κ2) is 6.61. The van der Waals surface area contributed by atoms with Crippen LogP contribution in [0.25, 0.3) is 0 Å². The van der Waals surface area contributed by atoms with Crippen molar-refractivity contribution in [2.45, 2.75) is 25.9 Å². The second-order valence-electron chi connectivity index (χ2n) is 4.48. The summed E-state index contributed by atoms with van der Waals surface area (Å²) in [5.74, 6) is 1.06. The van der Waals surface area contributed by atoms with E-state index in [1.54, 1.807) is 12.1 Å². The smallest absolute Gasteiger partial charge is 0.119 e. The molecule has 1 fully saturated rings. The van der Waals surface area contributed by atoms with Crippen molar-refractivity contribution in [3.05, 3.63) is 23.8 Å². The summed E-state index contributed by atoms with van der Waals surface area (Å²) in [5, 5.41) is 9.39. The third-order valence-electron chi connectivity index (χ3n) is 3.04. The van der Waals surface area contributed by atoms with Gasteiger partial charge in [0, 0.05) is 13.2 Å². The van der Waals surface area contributed by atoms with Gasteiger partial charge in [-0.25, -0.2) is 0 Å². The van der Waals surface area contributed by atoms with Gasteiger partial charge in [0.15, 0.2) is 0 Å². The number of hydrogen-bond acceptors (Lipinski definition) is 4. The Morgan fingerprint density at radius 1 is 1.28 bits per heavy atom. The Hall–Kier alpha value is -1.26. The molecule has 0 unspecified atom stereocenters. The van der Waals surface area contributed by atoms with Crippen LogP contribution in [-0.4, -0.2) is 37.6 Å². The number of aromatic hydroxyl groups is 1. The zero-order valence-corrected chi connectivity index (χ0v) is 10.7. The molecule has 0 spiro atoms. The maximum absolute atomic E-state index is 9.39. The van der Waals surface area contributed by atoms with Crippen LogP contribution in [0.4, 0.5) is 0 Å². The van der Waals surface area contributed by atoms with Crippen LogP contribution < -0.4 is 4.74 Å². The highest BCUT2D eigenvalue weighted by Crippen LogP contribution is 2.21. The molecule has 0 aromatic heterocycles. The highest BCUT2D eigenvalue weighted by atomic mass is 16.5. The fraction of sp³-hybridized carbons (Fsp3) is 0.571. The molecular weight excluding hydrogens is 232 g/mol. The van der Waals surface area contributed by atoms with Gasteiger partial charge in [0.05, 0.1) is 12.7 Å². The molecule has 1 N–H and O–H groups in total. The molecule has 0 radical (unpaired) electrons. The summed E-state index contributed by atoms with van der Waals surface area (Å²) in [7, 11) is 0. The lowest BCUT2D eigenvalue weighted by Crippen LogP contribution is -2.25. The summed E-state index contributed by atoms with van der Waals surface area (Å²) in [6.07, 6.45) is 2.25. The van der Waals surface area contributed by atoms with Crippen molar-refractivity contribution in [1.29, 1.82) is 0 Å². The number of phenolic OH excluding ortho intramolecular Hbond substituents is 1. The van der Waals surface area contributed by atoms with E-state index < -0.39 is 0 Å². The highest BCUT2D eigenvalue weighted by Gasteiger charge is 2.13. The van der Waals surface area contributed by atoms with Crippen LogP contribution in [0.3, 0.4) is 0 Å². The zero-order chi connectivity index (χ0) is 12.8. The Balaban J connectivity index is 1.66. The third kappa shape index (κ3) is 3.89. The van der Waals surface area contributed by atoms with Crippen LogP contribution in [0.1, 0.15) is 18.4 Å². The normalized spacial score (nSPS) is 16.7. The van der Waals surface area contributed by atoms with Crippen LogP contribution in [0.5, 0.6) is 11.5 Å². The van der Waals surface area contributed by atoms with E-state index in [0.29, 0.717) is 25.1 Å². The van der Waals surface area contributed by atoms with Crippen molar-refractivity contribution in [2.24, 2.45) is 0 Å². The summed E-state index contributed by atoms with van der Waals surface area (Å²) >= 11 is 0. The Kier molecular flexibility index (Phi) is 4.84. The van der Waals surface area contributed by atoms with Gasteiger partial charge in [-0.3, -0.25) is 0 Å². The molecule has 2 rings (SSSR count). The van der Waals surface area contributed by atoms with Gasteiger partial charge in [-0.1, -0.05) is 0 Å². The van der Waals surface area contributed by atoms with E-state index in [9.17, 15) is 5.11 Å². The molecule has 100 valence electrons. The first-order valence-electron chi connectivity index (χ1n) is 6.37. The topological polar surface area (TPSA) is 47.9 Å². The minimum Gasteiger partial charge on any atom is -0.508 e. The van der Waals surface area contributed by atoms with Gasteiger partial charge >= 0.3 is 0 Å². The van der Waals surface area contributed by atoms with Gasteiger partial charge in [0.25, 0.3) is 0 Å². The predicted octanol–water partition coefficient (Wildman–Crippen LogP) is 2.28. The predicted molar refractivity (Wildman–Crippen MR) is 68.1 cm³/mol. The first kappa shape index (κ1) is 13.2. The Morgan fingerprint density at radius 2 is 2.06 bits per heavy atom. The monoisotopic (exact) mass is 252 g/mol. The van der Waals surface area contributed by atoms with Crippen LogP contribution in [0.15, 0.2) is 18.2 Å². The fourth-order valence-corrected chi connectivity index (χ4v) is 1.93. The van der Waals surface area contributed by atoms with E-state index in [4.69, 9.17) is 14.2 Å². The summed E-state index contributed by atoms with van der Waals surface area (Å²) < 4.78 is 16.5. The average molecular weight is 252 g/mol. The highest BCUT2D eigenvalue weighted by molar-refractivity contribution is 5.38. The first-order valence-corrected chi connectivity index (χ1v) is 6.37. The quantitative estimate of drug-likeness (QED) is 0.817. The van der Waals surface area contributed by atoms with Gasteiger partial charge in [0.2, 0.25) is 0 Å². The van der Waals surface area contributed by atoms with Gasteiger partial charge in [-0.05, 0) is 43.5 Å². The van der Waals surface area contributed by atoms with Crippen molar-refractivity contribution in [3.8, 4) is 11.5 Å². The summed E-state index contributed by atoms with van der Waals surface area (Å²) in [6, 6.07) is 5.23. The van der Waals surface area contributed by atoms with Crippen molar-refractivity contribution < 1.29 is 19.3 Å². The number of aryl methyl sites for hydroxylation is 1. The second-order valence-corrected chi connectivity index (χ2v) is 4.48. The van der Waals surface area contributed by atoms with E-state index in [0.717, 1.165) is 37.4 Å². The lowest BCUT2D eigenvalue weighted by Gasteiger charge is -2.22.